The number of amides is 2. The molecule has 2 amide bonds. The lowest BCUT2D eigenvalue weighted by molar-refractivity contribution is -0.128. The van der Waals surface area contributed by atoms with Gasteiger partial charge >= 0.3 is 0 Å². The number of hydrogen-bond acceptors (Lipinski definition) is 2. The molecule has 0 aromatic heterocycles. The van der Waals surface area contributed by atoms with Gasteiger partial charge in [-0.1, -0.05) is 46.3 Å². The number of carbonyl (C=O) groups excluding carboxylic acids is 2. The molecular weight excluding hydrogens is 368 g/mol. The van der Waals surface area contributed by atoms with Crippen LogP contribution in [0.3, 0.4) is 0 Å². The van der Waals surface area contributed by atoms with Crippen LogP contribution in [0.4, 0.5) is 5.69 Å². The number of likely N-dealkylation sites (tertiary alicyclic amines) is 1. The molecule has 4 nitrogen and oxygen atoms in total. The topological polar surface area (TPSA) is 49.4 Å². The molecule has 1 atom stereocenters. The standard InChI is InChI=1S/C19H19BrN2O2/c1-13-9-16(20)7-8-17(13)21-19(24)15-10-18(23)22(12-15)11-14-5-3-2-4-6-14/h2-9,15H,10-12H2,1H3,(H,21,24). The first-order valence-corrected chi connectivity index (χ1v) is 8.71. The minimum absolute atomic E-state index is 0.0338. The second-order valence-corrected chi connectivity index (χ2v) is 7.03. The van der Waals surface area contributed by atoms with E-state index < -0.39 is 0 Å². The highest BCUT2D eigenvalue weighted by Gasteiger charge is 2.34. The number of aryl methyl sites for hydroxylation is 1. The average Bonchev–Trinajstić information content (AvgIpc) is 2.92. The quantitative estimate of drug-likeness (QED) is 0.869. The number of rotatable bonds is 4. The van der Waals surface area contributed by atoms with Crippen LogP contribution >= 0.6 is 15.9 Å². The van der Waals surface area contributed by atoms with Crippen molar-refractivity contribution in [3.63, 3.8) is 0 Å². The van der Waals surface area contributed by atoms with Crippen LogP contribution in [0.1, 0.15) is 17.5 Å². The van der Waals surface area contributed by atoms with Crippen LogP contribution in [0.25, 0.3) is 0 Å². The SMILES string of the molecule is Cc1cc(Br)ccc1NC(=O)C1CC(=O)N(Cc2ccccc2)C1. The van der Waals surface area contributed by atoms with E-state index in [9.17, 15) is 9.59 Å². The van der Waals surface area contributed by atoms with Crippen LogP contribution in [0.2, 0.25) is 0 Å². The first kappa shape index (κ1) is 16.7. The van der Waals surface area contributed by atoms with Crippen molar-refractivity contribution in [2.75, 3.05) is 11.9 Å². The predicted molar refractivity (Wildman–Crippen MR) is 97.5 cm³/mol. The van der Waals surface area contributed by atoms with Gasteiger partial charge in [0.2, 0.25) is 11.8 Å². The summed E-state index contributed by atoms with van der Waals surface area (Å²) in [6.45, 7) is 2.97. The summed E-state index contributed by atoms with van der Waals surface area (Å²) in [6, 6.07) is 15.6. The van der Waals surface area contributed by atoms with E-state index in [1.54, 1.807) is 4.90 Å². The van der Waals surface area contributed by atoms with E-state index in [1.807, 2.05) is 55.5 Å². The maximum absolute atomic E-state index is 12.5. The zero-order valence-corrected chi connectivity index (χ0v) is 15.0. The van der Waals surface area contributed by atoms with Crippen LogP contribution in [0.15, 0.2) is 53.0 Å². The predicted octanol–water partition coefficient (Wildman–Crippen LogP) is 3.74. The second kappa shape index (κ2) is 7.18. The Morgan fingerprint density at radius 1 is 1.25 bits per heavy atom. The van der Waals surface area contributed by atoms with Crippen molar-refractivity contribution in [1.82, 2.24) is 4.90 Å². The monoisotopic (exact) mass is 386 g/mol. The highest BCUT2D eigenvalue weighted by Crippen LogP contribution is 2.24. The summed E-state index contributed by atoms with van der Waals surface area (Å²) in [5.74, 6) is -0.361. The Labute approximate surface area is 150 Å². The van der Waals surface area contributed by atoms with Gasteiger partial charge in [-0.25, -0.2) is 0 Å². The van der Waals surface area contributed by atoms with Crippen LogP contribution in [0, 0.1) is 12.8 Å². The third-order valence-corrected chi connectivity index (χ3v) is 4.74. The van der Waals surface area contributed by atoms with E-state index in [2.05, 4.69) is 21.2 Å². The fraction of sp³-hybridized carbons (Fsp3) is 0.263. The van der Waals surface area contributed by atoms with Gasteiger partial charge in [0.15, 0.2) is 0 Å². The second-order valence-electron chi connectivity index (χ2n) is 6.11. The summed E-state index contributed by atoms with van der Waals surface area (Å²) >= 11 is 3.41. The molecule has 1 saturated heterocycles. The highest BCUT2D eigenvalue weighted by atomic mass is 79.9. The van der Waals surface area contributed by atoms with E-state index in [0.717, 1.165) is 21.3 Å². The summed E-state index contributed by atoms with van der Waals surface area (Å²) in [4.78, 5) is 26.4. The van der Waals surface area contributed by atoms with Crippen LogP contribution in [-0.2, 0) is 16.1 Å². The van der Waals surface area contributed by atoms with Crippen molar-refractivity contribution >= 4 is 33.4 Å². The first-order valence-electron chi connectivity index (χ1n) is 7.91. The molecule has 0 aliphatic carbocycles. The summed E-state index contributed by atoms with van der Waals surface area (Å²) < 4.78 is 0.975. The number of nitrogens with one attached hydrogen (secondary N) is 1. The van der Waals surface area contributed by atoms with E-state index in [0.29, 0.717) is 13.1 Å². The summed E-state index contributed by atoms with van der Waals surface area (Å²) in [5, 5.41) is 2.95. The minimum Gasteiger partial charge on any atom is -0.338 e. The smallest absolute Gasteiger partial charge is 0.229 e. The van der Waals surface area contributed by atoms with Gasteiger partial charge in [0, 0.05) is 29.7 Å². The Kier molecular flexibility index (Phi) is 5.00. The molecule has 3 rings (SSSR count). The molecule has 0 spiro atoms. The van der Waals surface area contributed by atoms with Gasteiger partial charge in [-0.3, -0.25) is 9.59 Å². The molecule has 2 aromatic rings. The number of nitrogens with zero attached hydrogens (tertiary/aromatic N) is 1. The highest BCUT2D eigenvalue weighted by molar-refractivity contribution is 9.10. The molecule has 0 bridgehead atoms. The Balaban J connectivity index is 1.63. The lowest BCUT2D eigenvalue weighted by Gasteiger charge is -2.17. The normalized spacial score (nSPS) is 17.2. The molecule has 1 heterocycles. The number of carbonyl (C=O) groups is 2. The van der Waals surface area contributed by atoms with Crippen molar-refractivity contribution in [3.05, 3.63) is 64.1 Å². The summed E-state index contributed by atoms with van der Waals surface area (Å²) in [7, 11) is 0. The first-order chi connectivity index (χ1) is 11.5. The largest absolute Gasteiger partial charge is 0.338 e. The van der Waals surface area contributed by atoms with Crippen LogP contribution in [0.5, 0.6) is 0 Å². The van der Waals surface area contributed by atoms with Gasteiger partial charge in [0.05, 0.1) is 5.92 Å². The van der Waals surface area contributed by atoms with Gasteiger partial charge in [-0.05, 0) is 36.2 Å². The molecule has 1 unspecified atom stereocenters. The molecule has 24 heavy (non-hydrogen) atoms. The Bertz CT molecular complexity index is 761. The van der Waals surface area contributed by atoms with Crippen molar-refractivity contribution in [2.24, 2.45) is 5.92 Å². The van der Waals surface area contributed by atoms with Crippen molar-refractivity contribution in [3.8, 4) is 0 Å². The number of anilines is 1. The lowest BCUT2D eigenvalue weighted by atomic mass is 10.1. The third kappa shape index (κ3) is 3.85. The molecule has 124 valence electrons. The maximum atomic E-state index is 12.5. The summed E-state index contributed by atoms with van der Waals surface area (Å²) in [6.07, 6.45) is 0.272. The summed E-state index contributed by atoms with van der Waals surface area (Å²) in [5.41, 5.74) is 2.86. The molecule has 0 saturated carbocycles. The van der Waals surface area contributed by atoms with Crippen molar-refractivity contribution < 1.29 is 9.59 Å². The van der Waals surface area contributed by atoms with Crippen LogP contribution in [-0.4, -0.2) is 23.3 Å². The van der Waals surface area contributed by atoms with Crippen molar-refractivity contribution in [1.29, 1.82) is 0 Å². The number of benzene rings is 2. The van der Waals surface area contributed by atoms with E-state index >= 15 is 0 Å². The molecule has 1 aliphatic rings. The zero-order valence-electron chi connectivity index (χ0n) is 13.5. The Morgan fingerprint density at radius 2 is 2.00 bits per heavy atom. The molecule has 0 radical (unpaired) electrons. The van der Waals surface area contributed by atoms with Gasteiger partial charge in [-0.2, -0.15) is 0 Å². The van der Waals surface area contributed by atoms with E-state index in [-0.39, 0.29) is 24.2 Å². The van der Waals surface area contributed by atoms with E-state index in [1.165, 1.54) is 0 Å². The van der Waals surface area contributed by atoms with Crippen molar-refractivity contribution in [2.45, 2.75) is 19.9 Å². The lowest BCUT2D eigenvalue weighted by Crippen LogP contribution is -2.28. The number of halogens is 1. The number of hydrogen-bond donors (Lipinski definition) is 1. The Hall–Kier alpha value is -2.14. The Morgan fingerprint density at radius 3 is 2.71 bits per heavy atom. The fourth-order valence-corrected chi connectivity index (χ4v) is 3.38. The molecule has 1 fully saturated rings. The maximum Gasteiger partial charge on any atom is 0.229 e. The van der Waals surface area contributed by atoms with Crippen LogP contribution < -0.4 is 5.32 Å². The van der Waals surface area contributed by atoms with E-state index in [4.69, 9.17) is 0 Å². The third-order valence-electron chi connectivity index (χ3n) is 4.25. The zero-order chi connectivity index (χ0) is 17.1. The average molecular weight is 387 g/mol. The molecular formula is C19H19BrN2O2. The van der Waals surface area contributed by atoms with Gasteiger partial charge in [-0.15, -0.1) is 0 Å². The molecule has 1 N–H and O–H groups in total. The van der Waals surface area contributed by atoms with Gasteiger partial charge < -0.3 is 10.2 Å². The van der Waals surface area contributed by atoms with Gasteiger partial charge in [0.25, 0.3) is 0 Å². The molecule has 2 aromatic carbocycles. The molecule has 5 heteroatoms. The van der Waals surface area contributed by atoms with Gasteiger partial charge in [0.1, 0.15) is 0 Å². The fourth-order valence-electron chi connectivity index (χ4n) is 2.91. The molecule has 1 aliphatic heterocycles. The minimum atomic E-state index is -0.302.